The Morgan fingerprint density at radius 2 is 0.712 bits per heavy atom. The molecule has 6 rings (SSSR count). The fourth-order valence-electron chi connectivity index (χ4n) is 8.96. The fourth-order valence-corrected chi connectivity index (χ4v) is 8.96. The summed E-state index contributed by atoms with van der Waals surface area (Å²) >= 11 is 0. The van der Waals surface area contributed by atoms with Gasteiger partial charge in [0.25, 0.3) is 0 Å². The quantitative estimate of drug-likeness (QED) is 0.0437. The standard InChI is InChI=1S/C57H78N4O12/c1-37(2)52(62)68-34-71-55(65)49(46-16-19-58-28-46)25-40-10-7-13-43(22-40)31-61(32-44-14-8-11-41(23-44)26-50(47-17-20-59-29-47)56(66)72-35-69-53(63)38(3)4)33-45-15-9-12-42(24-45)27-51(48-18-21-60-30-48)57(67)73-36-70-54(64)39(5)6/h7-15,22-24,37-39,46-51,58-60H,16-21,25-36H2,1-6H3/i25D2,26D2,27D2. The lowest BCUT2D eigenvalue weighted by Gasteiger charge is -2.25. The van der Waals surface area contributed by atoms with E-state index in [2.05, 4.69) is 16.0 Å². The minimum atomic E-state index is -2.26. The van der Waals surface area contributed by atoms with Crippen LogP contribution in [0.2, 0.25) is 0 Å². The molecule has 3 fully saturated rings. The van der Waals surface area contributed by atoms with Gasteiger partial charge in [0, 0.05) is 27.9 Å². The number of carbonyl (C=O) groups excluding carboxylic acids is 6. The predicted molar refractivity (Wildman–Crippen MR) is 272 cm³/mol. The summed E-state index contributed by atoms with van der Waals surface area (Å²) in [5.74, 6) is -10.7. The van der Waals surface area contributed by atoms with E-state index in [1.165, 1.54) is 0 Å². The predicted octanol–water partition coefficient (Wildman–Crippen LogP) is 6.29. The maximum absolute atomic E-state index is 13.8. The van der Waals surface area contributed by atoms with Gasteiger partial charge in [0.1, 0.15) is 0 Å². The number of hydrogen-bond donors (Lipinski definition) is 3. The van der Waals surface area contributed by atoms with Crippen molar-refractivity contribution in [3.8, 4) is 0 Å². The number of carbonyl (C=O) groups is 6. The lowest BCUT2D eigenvalue weighted by molar-refractivity contribution is -0.174. The first-order valence-corrected chi connectivity index (χ1v) is 25.5. The van der Waals surface area contributed by atoms with Crippen molar-refractivity contribution in [2.75, 3.05) is 59.6 Å². The molecule has 0 saturated carbocycles. The summed E-state index contributed by atoms with van der Waals surface area (Å²) < 4.78 is 88.8. The van der Waals surface area contributed by atoms with Crippen LogP contribution in [0.15, 0.2) is 72.8 Å². The molecule has 73 heavy (non-hydrogen) atoms. The Morgan fingerprint density at radius 1 is 0.452 bits per heavy atom. The van der Waals surface area contributed by atoms with Crippen LogP contribution in [-0.4, -0.2) is 100 Å². The van der Waals surface area contributed by atoms with Crippen LogP contribution in [0.5, 0.6) is 0 Å². The summed E-state index contributed by atoms with van der Waals surface area (Å²) in [5, 5.41) is 9.64. The van der Waals surface area contributed by atoms with E-state index in [9.17, 15) is 37.0 Å². The zero-order chi connectivity index (χ0) is 57.7. The summed E-state index contributed by atoms with van der Waals surface area (Å²) in [4.78, 5) is 80.0. The topological polar surface area (TPSA) is 197 Å². The van der Waals surface area contributed by atoms with Gasteiger partial charge >= 0.3 is 35.8 Å². The van der Waals surface area contributed by atoms with Crippen LogP contribution >= 0.6 is 0 Å². The maximum Gasteiger partial charge on any atom is 0.312 e. The Labute approximate surface area is 439 Å². The highest BCUT2D eigenvalue weighted by molar-refractivity contribution is 5.76. The second kappa shape index (κ2) is 28.7. The third-order valence-electron chi connectivity index (χ3n) is 13.1. The van der Waals surface area contributed by atoms with Gasteiger partial charge in [0.15, 0.2) is 0 Å². The van der Waals surface area contributed by atoms with E-state index in [1.54, 1.807) is 96.1 Å². The van der Waals surface area contributed by atoms with Gasteiger partial charge in [-0.15, -0.1) is 0 Å². The maximum atomic E-state index is 13.8. The van der Waals surface area contributed by atoms with Gasteiger partial charge in [-0.3, -0.25) is 33.7 Å². The molecule has 3 aliphatic heterocycles. The van der Waals surface area contributed by atoms with Gasteiger partial charge < -0.3 is 44.4 Å². The van der Waals surface area contributed by atoms with E-state index in [1.807, 2.05) is 23.1 Å². The summed E-state index contributed by atoms with van der Waals surface area (Å²) in [7, 11) is 0. The number of benzene rings is 3. The SMILES string of the molecule is [2H]C([2H])(c1cccc(CN(Cc2cccc(C([2H])([2H])C(C(=O)OCOC(=O)C(C)C)C3CCNC3)c2)Cc2cccc(C([2H])([2H])C(C(=O)OCOC(=O)C(C)C)C3CCNC3)c2)c1)C(C(=O)OCOC(=O)C(C)C)C1CCNC1. The van der Waals surface area contributed by atoms with E-state index >= 15 is 0 Å². The molecule has 3 saturated heterocycles. The molecule has 3 aromatic rings. The van der Waals surface area contributed by atoms with E-state index in [-0.39, 0.29) is 36.3 Å². The van der Waals surface area contributed by atoms with Crippen LogP contribution in [0.4, 0.5) is 0 Å². The van der Waals surface area contributed by atoms with Crippen LogP contribution in [0.3, 0.4) is 0 Å². The molecule has 3 aliphatic rings. The molecule has 0 radical (unpaired) electrons. The Kier molecular flexibility index (Phi) is 19.0. The summed E-state index contributed by atoms with van der Waals surface area (Å²) in [6.45, 7) is 11.2. The number of nitrogens with one attached hydrogen (secondary N) is 3. The molecule has 398 valence electrons. The second-order valence-corrected chi connectivity index (χ2v) is 20.0. The van der Waals surface area contributed by atoms with Crippen LogP contribution in [0.1, 0.15) is 102 Å². The second-order valence-electron chi connectivity index (χ2n) is 20.0. The number of ether oxygens (including phenoxy) is 6. The highest BCUT2D eigenvalue weighted by Gasteiger charge is 2.35. The average molecular weight is 1020 g/mol. The molecule has 3 N–H and O–H groups in total. The highest BCUT2D eigenvalue weighted by Crippen LogP contribution is 2.29. The molecule has 0 aromatic heterocycles. The lowest BCUT2D eigenvalue weighted by atomic mass is 9.85. The molecule has 0 aliphatic carbocycles. The molecule has 6 unspecified atom stereocenters. The van der Waals surface area contributed by atoms with Crippen LogP contribution in [0, 0.1) is 53.3 Å². The third kappa shape index (κ3) is 18.0. The summed E-state index contributed by atoms with van der Waals surface area (Å²) in [6.07, 6.45) is -5.27. The van der Waals surface area contributed by atoms with Crippen molar-refractivity contribution in [1.29, 1.82) is 0 Å². The van der Waals surface area contributed by atoms with Gasteiger partial charge in [-0.1, -0.05) is 114 Å². The third-order valence-corrected chi connectivity index (χ3v) is 13.1. The minimum Gasteiger partial charge on any atom is -0.428 e. The first-order chi connectivity index (χ1) is 37.4. The first-order valence-electron chi connectivity index (χ1n) is 28.5. The average Bonchev–Trinajstić information content (AvgIpc) is 4.26. The van der Waals surface area contributed by atoms with Crippen molar-refractivity contribution < 1.29 is 65.4 Å². The molecule has 0 bridgehead atoms. The molecular weight excluding hydrogens is 933 g/mol. The van der Waals surface area contributed by atoms with Crippen molar-refractivity contribution in [2.24, 2.45) is 53.3 Å². The van der Waals surface area contributed by atoms with Gasteiger partial charge in [0.05, 0.1) is 35.5 Å². The monoisotopic (exact) mass is 1020 g/mol. The fraction of sp³-hybridized carbons (Fsp3) is 0.579. The molecular formula is C57H78N4O12. The van der Waals surface area contributed by atoms with Crippen LogP contribution in [0.25, 0.3) is 0 Å². The Morgan fingerprint density at radius 3 is 0.959 bits per heavy atom. The lowest BCUT2D eigenvalue weighted by Crippen LogP contribution is -2.31. The number of esters is 6. The van der Waals surface area contributed by atoms with Gasteiger partial charge in [-0.25, -0.2) is 0 Å². The zero-order valence-electron chi connectivity index (χ0n) is 49.1. The van der Waals surface area contributed by atoms with Gasteiger partial charge in [-0.05, 0) is 129 Å². The van der Waals surface area contributed by atoms with Crippen LogP contribution < -0.4 is 16.0 Å². The first kappa shape index (κ1) is 48.3. The van der Waals surface area contributed by atoms with E-state index in [0.29, 0.717) is 75.2 Å². The molecule has 3 heterocycles. The van der Waals surface area contributed by atoms with Crippen molar-refractivity contribution in [3.05, 3.63) is 106 Å². The Hall–Kier alpha value is -5.68. The highest BCUT2D eigenvalue weighted by atomic mass is 16.7. The summed E-state index contributed by atoms with van der Waals surface area (Å²) in [6, 6.07) is 20.5. The molecule has 16 nitrogen and oxygen atoms in total. The van der Waals surface area contributed by atoms with Crippen molar-refractivity contribution in [3.63, 3.8) is 0 Å². The number of rotatable bonds is 27. The molecule has 0 amide bonds. The number of hydrogen-bond acceptors (Lipinski definition) is 16. The Balaban J connectivity index is 1.34. The van der Waals surface area contributed by atoms with Crippen LogP contribution in [-0.2, 0) is 95.9 Å². The zero-order valence-corrected chi connectivity index (χ0v) is 43.1. The Bertz CT molecular complexity index is 2290. The molecule has 16 heteroatoms. The van der Waals surface area contributed by atoms with Gasteiger partial charge in [-0.2, -0.15) is 0 Å². The largest absolute Gasteiger partial charge is 0.428 e. The van der Waals surface area contributed by atoms with E-state index < -0.39 is 129 Å². The van der Waals surface area contributed by atoms with E-state index in [4.69, 9.17) is 28.4 Å². The summed E-state index contributed by atoms with van der Waals surface area (Å²) in [5.41, 5.74) is 2.56. The molecule has 0 spiro atoms. The normalized spacial score (nSPS) is 20.7. The number of nitrogens with zero attached hydrogens (tertiary/aromatic N) is 1. The van der Waals surface area contributed by atoms with Crippen molar-refractivity contribution in [1.82, 2.24) is 20.9 Å². The molecule has 3 aromatic carbocycles. The minimum absolute atomic E-state index is 0.166. The smallest absolute Gasteiger partial charge is 0.312 e. The van der Waals surface area contributed by atoms with Crippen molar-refractivity contribution >= 4 is 35.8 Å². The van der Waals surface area contributed by atoms with E-state index in [0.717, 1.165) is 0 Å². The molecule has 6 atom stereocenters. The van der Waals surface area contributed by atoms with Crippen molar-refractivity contribution in [2.45, 2.75) is 99.6 Å². The van der Waals surface area contributed by atoms with Gasteiger partial charge in [0.2, 0.25) is 20.4 Å².